The van der Waals surface area contributed by atoms with E-state index in [9.17, 15) is 9.59 Å². The minimum Gasteiger partial charge on any atom is -0.297 e. The number of thiophene rings is 8. The van der Waals surface area contributed by atoms with Crippen molar-refractivity contribution >= 4 is 245 Å². The molecule has 0 saturated heterocycles. The number of aromatic nitrogens is 6. The summed E-state index contributed by atoms with van der Waals surface area (Å²) >= 11 is 20.0. The summed E-state index contributed by atoms with van der Waals surface area (Å²) in [5, 5.41) is 13.2. The lowest BCUT2D eigenvalue weighted by atomic mass is 10.0. The maximum absolute atomic E-state index is 13.0. The lowest BCUT2D eigenvalue weighted by molar-refractivity contribution is 0.111. The minimum atomic E-state index is -2.52. The van der Waals surface area contributed by atoms with Crippen LogP contribution in [0.4, 0.5) is 0 Å². The highest BCUT2D eigenvalue weighted by atomic mass is 32.1. The number of unbranched alkanes of at least 4 members (excludes halogenated alkanes) is 8. The van der Waals surface area contributed by atoms with Gasteiger partial charge in [0.2, 0.25) is 0 Å². The molecule has 4 aliphatic rings. The standard InChI is InChI=1S/C116H152N6O2S11Si4/c1-17-33-41-73(25-9)65-136(66-74(26-10)42-34-18-2)95-55-81(63-123)125-109(95)111-97(136)57-89(127-111)83-49-51-85(105-103(83)117-133-119-105)91-59-99-113(129-91)115-101(138(99,69-77(29-13)45-37-21-5)70-78(30-14)46-38-22-6)61-93(131-115)87-53-54-88(108-107(87)121-135-122-108)94-62-102-116(132-94)114-100(139(102,71-79(31-15)47-39-23-7)72-80(32-16)48-40-24-8)60-92(130-114)86-52-50-84(104-106(86)120-134-118-104)90-58-98-112(128-90)110-96(56-82(64-124)126-110)137(98,67-75(27-11)43-35-19-3)68-76(28-12)44-36-20-4/h49-64,73-80H,17-48,65-72H2,1-16H3. The number of carbonyl (C=O) groups excluding carboxylic acids is 2. The minimum absolute atomic E-state index is 0.647. The maximum atomic E-state index is 13.0. The average molecular weight is 2130 g/mol. The molecule has 0 radical (unpaired) electrons. The molecule has 8 unspecified atom stereocenters. The molecule has 23 heteroatoms. The molecule has 0 aliphatic carbocycles. The van der Waals surface area contributed by atoms with Crippen LogP contribution in [-0.4, -0.2) is 71.1 Å². The van der Waals surface area contributed by atoms with Gasteiger partial charge >= 0.3 is 0 Å². The Morgan fingerprint density at radius 3 is 0.518 bits per heavy atom. The van der Waals surface area contributed by atoms with Crippen molar-refractivity contribution in [3.8, 4) is 102 Å². The number of carbonyl (C=O) groups is 2. The van der Waals surface area contributed by atoms with Gasteiger partial charge < -0.3 is 0 Å². The van der Waals surface area contributed by atoms with Gasteiger partial charge in [-0.1, -0.05) is 353 Å². The Bertz CT molecular complexity index is 6110. The Kier molecular flexibility index (Phi) is 34.5. The highest BCUT2D eigenvalue weighted by molar-refractivity contribution is 7.34. The SMILES string of the molecule is CCCCC(CC)C[Si]1(CC(CC)CCCC)c2cc(C=O)sc2-c2sc(-c3ccc(-c4cc5c(s4)-c4sc(-c6ccc(-c7cc8c(s7)-c7sc(-c9ccc(-c%10cc%11c(s%10)-c%10sc(C=O)cc%10[Si]%11(CC(CC)CCCC)CC(CC)CCCC)c%10nsnc9%10)cc7[Si]8(CC(CC)CCCC)CC(CC)CCCC)c7nsnc67)cc4[Si]5(CC(CC)CCCC)CC(CC)CCCC)c4nsnc34)cc21. The van der Waals surface area contributed by atoms with Crippen molar-refractivity contribution in [3.63, 3.8) is 0 Å². The molecular weight excluding hydrogens is 1970 g/mol. The number of fused-ring (bicyclic) bond motifs is 15. The Balaban J connectivity index is 0.741. The second-order valence-corrected chi connectivity index (χ2v) is 69.1. The van der Waals surface area contributed by atoms with Gasteiger partial charge in [0.25, 0.3) is 0 Å². The van der Waals surface area contributed by atoms with Crippen LogP contribution >= 0.6 is 126 Å². The summed E-state index contributed by atoms with van der Waals surface area (Å²) in [6.07, 6.45) is 42.2. The lowest BCUT2D eigenvalue weighted by Crippen LogP contribution is -2.56. The fourth-order valence-corrected chi connectivity index (χ4v) is 69.4. The number of hydrogen-bond acceptors (Lipinski definition) is 19. The van der Waals surface area contributed by atoms with Crippen LogP contribution < -0.4 is 41.5 Å². The zero-order chi connectivity index (χ0) is 97.0. The first-order valence-electron chi connectivity index (χ1n) is 54.8. The van der Waals surface area contributed by atoms with Crippen LogP contribution in [0.25, 0.3) is 135 Å². The van der Waals surface area contributed by atoms with Crippen LogP contribution in [0.1, 0.15) is 336 Å². The van der Waals surface area contributed by atoms with Crippen molar-refractivity contribution in [3.05, 3.63) is 94.7 Å². The second-order valence-electron chi connectivity index (χ2n) is 42.8. The van der Waals surface area contributed by atoms with Crippen molar-refractivity contribution in [2.75, 3.05) is 0 Å². The first-order chi connectivity index (χ1) is 67.9. The first-order valence-corrected chi connectivity index (χ1v) is 73.2. The molecule has 8 nitrogen and oxygen atoms in total. The molecule has 3 aromatic carbocycles. The summed E-state index contributed by atoms with van der Waals surface area (Å²) in [6.45, 7) is 38.9. The van der Waals surface area contributed by atoms with Gasteiger partial charge in [-0.15, -0.1) is 90.7 Å². The molecule has 0 saturated carbocycles. The van der Waals surface area contributed by atoms with E-state index in [0.717, 1.165) is 55.4 Å². The second kappa shape index (κ2) is 46.1. The van der Waals surface area contributed by atoms with Crippen molar-refractivity contribution < 1.29 is 9.59 Å². The van der Waals surface area contributed by atoms with Gasteiger partial charge in [0.05, 0.1) is 44.9 Å². The molecule has 139 heavy (non-hydrogen) atoms. The maximum Gasteiger partial charge on any atom is 0.160 e. The van der Waals surface area contributed by atoms with Crippen molar-refractivity contribution in [1.82, 2.24) is 26.2 Å². The molecule has 4 aliphatic heterocycles. The van der Waals surface area contributed by atoms with E-state index in [2.05, 4.69) is 241 Å². The predicted octanol–water partition coefficient (Wildman–Crippen LogP) is 35.7. The van der Waals surface area contributed by atoms with E-state index in [0.29, 0.717) is 47.3 Å². The highest BCUT2D eigenvalue weighted by Crippen LogP contribution is 2.58. The van der Waals surface area contributed by atoms with Gasteiger partial charge in [-0.2, -0.15) is 26.2 Å². The molecule has 15 heterocycles. The van der Waals surface area contributed by atoms with Crippen LogP contribution in [0.5, 0.6) is 0 Å². The van der Waals surface area contributed by atoms with E-state index < -0.39 is 32.3 Å². The fraction of sp³-hybridized carbons (Fsp3) is 0.552. The Morgan fingerprint density at radius 1 is 0.223 bits per heavy atom. The molecular formula is C116H152N6O2S11Si4. The summed E-state index contributed by atoms with van der Waals surface area (Å²) < 4.78 is 32.5. The van der Waals surface area contributed by atoms with E-state index in [-0.39, 0.29) is 0 Å². The quantitative estimate of drug-likeness (QED) is 0.0274. The summed E-state index contributed by atoms with van der Waals surface area (Å²) in [4.78, 5) is 47.5. The van der Waals surface area contributed by atoms with Gasteiger partial charge in [0.15, 0.2) is 12.6 Å². The molecule has 8 atom stereocenters. The van der Waals surface area contributed by atoms with E-state index in [1.165, 1.54) is 391 Å². The summed E-state index contributed by atoms with van der Waals surface area (Å²) in [5.41, 5.74) is 13.6. The summed E-state index contributed by atoms with van der Waals surface area (Å²) in [7, 11) is -9.73. The van der Waals surface area contributed by atoms with E-state index in [4.69, 9.17) is 26.2 Å². The van der Waals surface area contributed by atoms with Crippen LogP contribution in [0.15, 0.2) is 84.9 Å². The van der Waals surface area contributed by atoms with Gasteiger partial charge in [-0.3, -0.25) is 9.59 Å². The fourth-order valence-electron chi connectivity index (χ4n) is 26.2. The van der Waals surface area contributed by atoms with Crippen molar-refractivity contribution in [2.45, 2.75) is 365 Å². The molecule has 14 aromatic rings. The molecule has 0 N–H and O–H groups in total. The molecule has 11 aromatic heterocycles. The van der Waals surface area contributed by atoms with Gasteiger partial charge in [0, 0.05) is 102 Å². The van der Waals surface area contributed by atoms with Crippen LogP contribution in [0.2, 0.25) is 48.4 Å². The molecule has 740 valence electrons. The van der Waals surface area contributed by atoms with Gasteiger partial charge in [0.1, 0.15) is 65.4 Å². The molecule has 0 fully saturated rings. The smallest absolute Gasteiger partial charge is 0.160 e. The molecule has 0 spiro atoms. The van der Waals surface area contributed by atoms with Crippen molar-refractivity contribution in [1.29, 1.82) is 0 Å². The molecule has 0 amide bonds. The Hall–Kier alpha value is -5.07. The lowest BCUT2D eigenvalue weighted by Gasteiger charge is -2.35. The zero-order valence-electron chi connectivity index (χ0n) is 86.1. The average Bonchev–Trinajstić information content (AvgIpc) is 1.54. The summed E-state index contributed by atoms with van der Waals surface area (Å²) in [5.74, 6) is 5.27. The topological polar surface area (TPSA) is 111 Å². The monoisotopic (exact) mass is 2120 g/mol. The third-order valence-electron chi connectivity index (χ3n) is 34.4. The van der Waals surface area contributed by atoms with E-state index in [1.54, 1.807) is 64.2 Å². The van der Waals surface area contributed by atoms with Crippen molar-refractivity contribution in [2.24, 2.45) is 47.3 Å². The molecule has 0 bridgehead atoms. The predicted molar refractivity (Wildman–Crippen MR) is 633 cm³/mol. The third kappa shape index (κ3) is 19.7. The van der Waals surface area contributed by atoms with E-state index in [1.807, 2.05) is 22.7 Å². The Morgan fingerprint density at radius 2 is 0.374 bits per heavy atom. The zero-order valence-corrected chi connectivity index (χ0v) is 99.1. The number of hydrogen-bond donors (Lipinski definition) is 0. The van der Waals surface area contributed by atoms with Crippen LogP contribution in [-0.2, 0) is 0 Å². The highest BCUT2D eigenvalue weighted by Gasteiger charge is 2.56. The number of rotatable bonds is 56. The van der Waals surface area contributed by atoms with Crippen LogP contribution in [0.3, 0.4) is 0 Å². The first kappa shape index (κ1) is 104. The van der Waals surface area contributed by atoms with E-state index >= 15 is 0 Å². The Labute approximate surface area is 880 Å². The van der Waals surface area contributed by atoms with Gasteiger partial charge in [-0.05, 0) is 186 Å². The van der Waals surface area contributed by atoms with Gasteiger partial charge in [-0.25, -0.2) is 0 Å². The van der Waals surface area contributed by atoms with Crippen LogP contribution in [0, 0.1) is 47.3 Å². The summed E-state index contributed by atoms with van der Waals surface area (Å²) in [6, 6.07) is 46.2. The number of nitrogens with zero attached hydrogens (tertiary/aromatic N) is 6. The number of benzene rings is 3. The third-order valence-corrected chi connectivity index (χ3v) is 68.8. The largest absolute Gasteiger partial charge is 0.297 e. The number of aldehydes is 2. The normalized spacial score (nSPS) is 19.0. The molecule has 18 rings (SSSR count).